The fourth-order valence-electron chi connectivity index (χ4n) is 2.21. The molecule has 7 heteroatoms. The first-order chi connectivity index (χ1) is 10.7. The number of aromatic nitrogens is 4. The summed E-state index contributed by atoms with van der Waals surface area (Å²) >= 11 is 0. The zero-order chi connectivity index (χ0) is 15.4. The van der Waals surface area contributed by atoms with Crippen LogP contribution in [0.5, 0.6) is 0 Å². The van der Waals surface area contributed by atoms with Gasteiger partial charge in [-0.05, 0) is 31.0 Å². The van der Waals surface area contributed by atoms with Gasteiger partial charge in [0.05, 0.1) is 11.4 Å². The molecule has 7 nitrogen and oxygen atoms in total. The number of ether oxygens (including phenoxy) is 1. The third kappa shape index (κ3) is 3.15. The van der Waals surface area contributed by atoms with Gasteiger partial charge in [-0.15, -0.1) is 0 Å². The molecule has 4 rings (SSSR count). The Morgan fingerprint density at radius 2 is 1.86 bits per heavy atom. The monoisotopic (exact) mass is 298 g/mol. The van der Waals surface area contributed by atoms with Crippen LogP contribution >= 0.6 is 0 Å². The van der Waals surface area contributed by atoms with Crippen molar-refractivity contribution in [3.63, 3.8) is 0 Å². The minimum Gasteiger partial charge on any atom is -0.398 e. The third-order valence-corrected chi connectivity index (χ3v) is 3.33. The Morgan fingerprint density at radius 1 is 1.05 bits per heavy atom. The molecule has 5 N–H and O–H groups in total. The van der Waals surface area contributed by atoms with Crippen LogP contribution in [0.15, 0.2) is 30.5 Å². The van der Waals surface area contributed by atoms with Crippen molar-refractivity contribution in [3.8, 4) is 11.4 Å². The van der Waals surface area contributed by atoms with Crippen molar-refractivity contribution in [2.75, 3.05) is 24.7 Å². The molecular formula is C15H18N6O. The molecular weight excluding hydrogens is 280 g/mol. The predicted octanol–water partition coefficient (Wildman–Crippen LogP) is 1.98. The van der Waals surface area contributed by atoms with E-state index in [0.717, 1.165) is 30.0 Å². The van der Waals surface area contributed by atoms with Crippen molar-refractivity contribution >= 4 is 22.5 Å². The van der Waals surface area contributed by atoms with Gasteiger partial charge < -0.3 is 16.2 Å². The smallest absolute Gasteiger partial charge is 0.164 e. The van der Waals surface area contributed by atoms with Gasteiger partial charge in [-0.3, -0.25) is 5.10 Å². The number of pyridine rings is 2. The zero-order valence-corrected chi connectivity index (χ0v) is 12.1. The molecule has 0 unspecified atom stereocenters. The molecule has 3 aromatic heterocycles. The van der Waals surface area contributed by atoms with E-state index in [9.17, 15) is 0 Å². The number of fused-ring (bicyclic) bond motifs is 1. The number of rotatable bonds is 1. The van der Waals surface area contributed by atoms with Crippen LogP contribution in [0.1, 0.15) is 12.8 Å². The summed E-state index contributed by atoms with van der Waals surface area (Å²) < 4.78 is 4.94. The van der Waals surface area contributed by atoms with Crippen molar-refractivity contribution in [1.82, 2.24) is 20.2 Å². The lowest BCUT2D eigenvalue weighted by atomic mass is 10.2. The number of anilines is 2. The zero-order valence-electron chi connectivity index (χ0n) is 12.1. The quantitative estimate of drug-likeness (QED) is 0.632. The normalized spacial score (nSPS) is 13.8. The molecule has 4 heterocycles. The van der Waals surface area contributed by atoms with Crippen molar-refractivity contribution in [2.24, 2.45) is 0 Å². The first-order valence-corrected chi connectivity index (χ1v) is 7.14. The first-order valence-electron chi connectivity index (χ1n) is 7.14. The average molecular weight is 298 g/mol. The fourth-order valence-corrected chi connectivity index (χ4v) is 2.21. The highest BCUT2D eigenvalue weighted by Gasteiger charge is 2.06. The van der Waals surface area contributed by atoms with E-state index in [1.807, 2.05) is 18.2 Å². The molecule has 1 aliphatic rings. The molecule has 0 aliphatic carbocycles. The summed E-state index contributed by atoms with van der Waals surface area (Å²) in [6.45, 7) is 2.00. The van der Waals surface area contributed by atoms with Crippen LogP contribution in [0, 0.1) is 0 Å². The maximum atomic E-state index is 5.85. The molecule has 0 atom stereocenters. The Hall–Kier alpha value is -2.67. The van der Waals surface area contributed by atoms with Crippen LogP contribution in [0.2, 0.25) is 0 Å². The standard InChI is InChI=1S/C11H10N6.C4H8O/c12-7-5-10(13)16-11-6(7)1-2-8(15-11)9-3-4-14-17-9;1-2-4-5-3-1/h1-5H,(H,14,17)(H4,12,13,15,16);1-4H2. The third-order valence-electron chi connectivity index (χ3n) is 3.33. The number of nitrogens with one attached hydrogen (secondary N) is 1. The lowest BCUT2D eigenvalue weighted by Gasteiger charge is -2.04. The molecule has 1 fully saturated rings. The van der Waals surface area contributed by atoms with E-state index in [4.69, 9.17) is 16.2 Å². The number of nitrogens with two attached hydrogens (primary N) is 2. The van der Waals surface area contributed by atoms with Gasteiger partial charge in [-0.1, -0.05) is 0 Å². The summed E-state index contributed by atoms with van der Waals surface area (Å²) in [4.78, 5) is 8.56. The topological polar surface area (TPSA) is 116 Å². The molecule has 1 aliphatic heterocycles. The van der Waals surface area contributed by atoms with Gasteiger partial charge in [0.1, 0.15) is 5.82 Å². The van der Waals surface area contributed by atoms with Crippen LogP contribution in [0.3, 0.4) is 0 Å². The largest absolute Gasteiger partial charge is 0.398 e. The Balaban J connectivity index is 0.000000246. The van der Waals surface area contributed by atoms with Gasteiger partial charge in [0.25, 0.3) is 0 Å². The van der Waals surface area contributed by atoms with Crippen LogP contribution in [0.4, 0.5) is 11.5 Å². The molecule has 0 aromatic carbocycles. The number of nitrogens with zero attached hydrogens (tertiary/aromatic N) is 3. The summed E-state index contributed by atoms with van der Waals surface area (Å²) in [5.74, 6) is 0.365. The van der Waals surface area contributed by atoms with Gasteiger partial charge in [-0.2, -0.15) is 5.10 Å². The van der Waals surface area contributed by atoms with Crippen LogP contribution in [0.25, 0.3) is 22.4 Å². The Bertz CT molecular complexity index is 744. The number of hydrogen-bond acceptors (Lipinski definition) is 6. The molecule has 3 aromatic rings. The van der Waals surface area contributed by atoms with Gasteiger partial charge in [0, 0.05) is 36.6 Å². The van der Waals surface area contributed by atoms with Gasteiger partial charge in [0.15, 0.2) is 5.65 Å². The van der Waals surface area contributed by atoms with Crippen LogP contribution in [-0.2, 0) is 4.74 Å². The summed E-state index contributed by atoms with van der Waals surface area (Å²) in [5.41, 5.74) is 14.2. The maximum Gasteiger partial charge on any atom is 0.164 e. The van der Waals surface area contributed by atoms with Crippen LogP contribution in [-0.4, -0.2) is 33.4 Å². The second-order valence-electron chi connectivity index (χ2n) is 4.99. The first kappa shape index (κ1) is 14.3. The van der Waals surface area contributed by atoms with E-state index in [0.29, 0.717) is 17.2 Å². The van der Waals surface area contributed by atoms with Crippen molar-refractivity contribution in [3.05, 3.63) is 30.5 Å². The number of hydrogen-bond donors (Lipinski definition) is 3. The van der Waals surface area contributed by atoms with Crippen molar-refractivity contribution < 1.29 is 4.74 Å². The average Bonchev–Trinajstić information content (AvgIpc) is 3.23. The Kier molecular flexibility index (Phi) is 4.15. The van der Waals surface area contributed by atoms with Crippen LogP contribution < -0.4 is 11.5 Å². The Labute approximate surface area is 127 Å². The SMILES string of the molecule is C1CCOC1.Nc1cc(N)c2ccc(-c3ccn[nH]3)nc2n1. The lowest BCUT2D eigenvalue weighted by molar-refractivity contribution is 0.198. The maximum absolute atomic E-state index is 5.85. The van der Waals surface area contributed by atoms with E-state index in [1.165, 1.54) is 12.8 Å². The van der Waals surface area contributed by atoms with Gasteiger partial charge in [-0.25, -0.2) is 9.97 Å². The molecule has 0 saturated carbocycles. The summed E-state index contributed by atoms with van der Waals surface area (Å²) in [7, 11) is 0. The van der Waals surface area contributed by atoms with E-state index in [2.05, 4.69) is 20.2 Å². The second-order valence-corrected chi connectivity index (χ2v) is 4.99. The van der Waals surface area contributed by atoms with Gasteiger partial charge in [0.2, 0.25) is 0 Å². The summed E-state index contributed by atoms with van der Waals surface area (Å²) in [6, 6.07) is 7.20. The molecule has 114 valence electrons. The van der Waals surface area contributed by atoms with Crippen molar-refractivity contribution in [1.29, 1.82) is 0 Å². The molecule has 22 heavy (non-hydrogen) atoms. The number of H-pyrrole nitrogens is 1. The predicted molar refractivity (Wildman–Crippen MR) is 86.0 cm³/mol. The minimum absolute atomic E-state index is 0.365. The fraction of sp³-hybridized carbons (Fsp3) is 0.267. The lowest BCUT2D eigenvalue weighted by Crippen LogP contribution is -1.97. The highest BCUT2D eigenvalue weighted by molar-refractivity contribution is 5.90. The van der Waals surface area contributed by atoms with E-state index < -0.39 is 0 Å². The molecule has 0 amide bonds. The van der Waals surface area contributed by atoms with E-state index in [1.54, 1.807) is 12.3 Å². The van der Waals surface area contributed by atoms with E-state index >= 15 is 0 Å². The molecule has 1 saturated heterocycles. The molecule has 0 radical (unpaired) electrons. The molecule has 0 spiro atoms. The highest BCUT2D eigenvalue weighted by Crippen LogP contribution is 2.23. The number of aromatic amines is 1. The van der Waals surface area contributed by atoms with E-state index in [-0.39, 0.29) is 0 Å². The van der Waals surface area contributed by atoms with Gasteiger partial charge >= 0.3 is 0 Å². The second kappa shape index (κ2) is 6.40. The minimum atomic E-state index is 0.365. The summed E-state index contributed by atoms with van der Waals surface area (Å²) in [6.07, 6.45) is 4.22. The molecule has 0 bridgehead atoms. The Morgan fingerprint density at radius 3 is 2.50 bits per heavy atom. The highest BCUT2D eigenvalue weighted by atomic mass is 16.5. The number of nitrogen functional groups attached to an aromatic ring is 2. The summed E-state index contributed by atoms with van der Waals surface area (Å²) in [5, 5.41) is 7.52. The van der Waals surface area contributed by atoms with Crippen molar-refractivity contribution in [2.45, 2.75) is 12.8 Å².